The normalized spacial score (nSPS) is 13.2. The molecule has 0 fully saturated rings. The molecule has 0 amide bonds. The molecule has 0 radical (unpaired) electrons. The quantitative estimate of drug-likeness (QED) is 0.500. The Kier molecular flexibility index (Phi) is 6.35. The average Bonchev–Trinajstić information content (AvgIpc) is 2.21. The van der Waals surface area contributed by atoms with Crippen LogP contribution in [0.15, 0.2) is 0 Å². The largest absolute Gasteiger partial charge is 0.450 e. The van der Waals surface area contributed by atoms with Gasteiger partial charge in [-0.25, -0.2) is 4.79 Å². The van der Waals surface area contributed by atoms with E-state index in [1.807, 2.05) is 0 Å². The fourth-order valence-electron chi connectivity index (χ4n) is 1.02. The highest BCUT2D eigenvalue weighted by atomic mass is 31.0. The van der Waals surface area contributed by atoms with Crippen molar-refractivity contribution >= 4 is 33.2 Å². The minimum absolute atomic E-state index is 0.637. The van der Waals surface area contributed by atoms with Crippen LogP contribution in [0.25, 0.3) is 0 Å². The molecule has 0 aromatic carbocycles. The molecular formula is C9H13O7P. The molecule has 0 heterocycles. The summed E-state index contributed by atoms with van der Waals surface area (Å²) < 4.78 is 13.5. The molecular weight excluding hydrogens is 251 g/mol. The SMILES string of the molecule is CC(=O)O[C@@H](C(C)=O)[C@@H](OC(C)=O)C(=O)OP. The molecule has 0 bridgehead atoms. The van der Waals surface area contributed by atoms with E-state index in [-0.39, 0.29) is 0 Å². The van der Waals surface area contributed by atoms with Crippen molar-refractivity contribution in [3.05, 3.63) is 0 Å². The molecule has 1 unspecified atom stereocenters. The molecule has 7 nitrogen and oxygen atoms in total. The molecule has 0 aliphatic heterocycles. The molecule has 0 aliphatic carbocycles. The number of hydrogen-bond acceptors (Lipinski definition) is 7. The summed E-state index contributed by atoms with van der Waals surface area (Å²) in [5.41, 5.74) is 0. The van der Waals surface area contributed by atoms with E-state index in [2.05, 4.69) is 14.0 Å². The second-order valence-electron chi connectivity index (χ2n) is 3.11. The highest BCUT2D eigenvalue weighted by Crippen LogP contribution is 2.11. The first-order valence-corrected chi connectivity index (χ1v) is 5.02. The summed E-state index contributed by atoms with van der Waals surface area (Å²) in [4.78, 5) is 44.1. The van der Waals surface area contributed by atoms with Crippen LogP contribution in [0.3, 0.4) is 0 Å². The third-order valence-corrected chi connectivity index (χ3v) is 1.84. The predicted octanol–water partition coefficient (Wildman–Crippen LogP) is -0.228. The van der Waals surface area contributed by atoms with Crippen molar-refractivity contribution in [2.45, 2.75) is 33.0 Å². The van der Waals surface area contributed by atoms with Gasteiger partial charge in [0.15, 0.2) is 5.78 Å². The van der Waals surface area contributed by atoms with Gasteiger partial charge in [-0.15, -0.1) is 0 Å². The fraction of sp³-hybridized carbons (Fsp3) is 0.556. The van der Waals surface area contributed by atoms with Crippen LogP contribution in [-0.2, 0) is 33.2 Å². The smallest absolute Gasteiger partial charge is 0.354 e. The Labute approximate surface area is 100 Å². The van der Waals surface area contributed by atoms with Crippen molar-refractivity contribution in [2.75, 3.05) is 0 Å². The Morgan fingerprint density at radius 1 is 0.882 bits per heavy atom. The van der Waals surface area contributed by atoms with Gasteiger partial charge in [-0.1, -0.05) is 0 Å². The second-order valence-corrected chi connectivity index (χ2v) is 3.34. The summed E-state index contributed by atoms with van der Waals surface area (Å²) in [5, 5.41) is 0. The molecule has 0 spiro atoms. The van der Waals surface area contributed by atoms with Crippen molar-refractivity contribution in [2.24, 2.45) is 0 Å². The van der Waals surface area contributed by atoms with Crippen molar-refractivity contribution in [1.82, 2.24) is 0 Å². The van der Waals surface area contributed by atoms with Gasteiger partial charge >= 0.3 is 17.9 Å². The van der Waals surface area contributed by atoms with Crippen molar-refractivity contribution in [3.8, 4) is 0 Å². The van der Waals surface area contributed by atoms with Gasteiger partial charge in [0.05, 0.1) is 9.47 Å². The molecule has 0 N–H and O–H groups in total. The van der Waals surface area contributed by atoms with E-state index in [4.69, 9.17) is 0 Å². The molecule has 0 aromatic heterocycles. The predicted molar refractivity (Wildman–Crippen MR) is 57.6 cm³/mol. The Balaban J connectivity index is 5.05. The van der Waals surface area contributed by atoms with E-state index in [0.717, 1.165) is 20.8 Å². The summed E-state index contributed by atoms with van der Waals surface area (Å²) in [7, 11) is 1.65. The van der Waals surface area contributed by atoms with Gasteiger partial charge < -0.3 is 14.0 Å². The van der Waals surface area contributed by atoms with E-state index >= 15 is 0 Å². The fourth-order valence-corrected chi connectivity index (χ4v) is 1.15. The summed E-state index contributed by atoms with van der Waals surface area (Å²) in [6.07, 6.45) is -3.11. The minimum atomic E-state index is -1.61. The van der Waals surface area contributed by atoms with Gasteiger partial charge in [0.2, 0.25) is 12.2 Å². The first-order valence-electron chi connectivity index (χ1n) is 4.55. The van der Waals surface area contributed by atoms with Crippen molar-refractivity contribution in [1.29, 1.82) is 0 Å². The van der Waals surface area contributed by atoms with E-state index in [1.54, 1.807) is 9.47 Å². The maximum Gasteiger partial charge on any atom is 0.354 e. The molecule has 0 aliphatic rings. The van der Waals surface area contributed by atoms with Gasteiger partial charge in [-0.2, -0.15) is 0 Å². The molecule has 96 valence electrons. The lowest BCUT2D eigenvalue weighted by atomic mass is 10.1. The van der Waals surface area contributed by atoms with E-state index < -0.39 is 35.9 Å². The van der Waals surface area contributed by atoms with Gasteiger partial charge in [0.25, 0.3) is 0 Å². The van der Waals surface area contributed by atoms with Gasteiger partial charge in [0, 0.05) is 13.8 Å². The number of esters is 2. The van der Waals surface area contributed by atoms with Crippen molar-refractivity contribution < 1.29 is 33.2 Å². The van der Waals surface area contributed by atoms with Gasteiger partial charge in [-0.3, -0.25) is 14.4 Å². The molecule has 3 atom stereocenters. The topological polar surface area (TPSA) is 96.0 Å². The van der Waals surface area contributed by atoms with Gasteiger partial charge in [-0.05, 0) is 6.92 Å². The minimum Gasteiger partial charge on any atom is -0.450 e. The molecule has 17 heavy (non-hydrogen) atoms. The second kappa shape index (κ2) is 6.96. The highest BCUT2D eigenvalue weighted by Gasteiger charge is 2.38. The average molecular weight is 264 g/mol. The number of carbonyl (C=O) groups is 4. The van der Waals surface area contributed by atoms with E-state index in [0.29, 0.717) is 0 Å². The van der Waals surface area contributed by atoms with Gasteiger partial charge in [0.1, 0.15) is 0 Å². The number of ether oxygens (including phenoxy) is 2. The lowest BCUT2D eigenvalue weighted by molar-refractivity contribution is -0.178. The zero-order valence-electron chi connectivity index (χ0n) is 9.59. The highest BCUT2D eigenvalue weighted by molar-refractivity contribution is 7.10. The first-order chi connectivity index (χ1) is 7.79. The van der Waals surface area contributed by atoms with E-state index in [1.165, 1.54) is 0 Å². The monoisotopic (exact) mass is 264 g/mol. The maximum atomic E-state index is 11.3. The number of carbonyl (C=O) groups excluding carboxylic acids is 4. The summed E-state index contributed by atoms with van der Waals surface area (Å²) >= 11 is 0. The summed E-state index contributed by atoms with van der Waals surface area (Å²) in [6, 6.07) is 0. The van der Waals surface area contributed by atoms with Crippen LogP contribution in [0.1, 0.15) is 20.8 Å². The van der Waals surface area contributed by atoms with Crippen LogP contribution in [0, 0.1) is 0 Å². The van der Waals surface area contributed by atoms with Crippen LogP contribution in [0.2, 0.25) is 0 Å². The standard InChI is InChI=1S/C9H13O7P/c1-4(10)7(14-5(2)11)8(9(13)16-17)15-6(3)12/h7-8H,17H2,1-3H3/t7-,8+/m0/s1. The van der Waals surface area contributed by atoms with Crippen LogP contribution < -0.4 is 0 Å². The summed E-state index contributed by atoms with van der Waals surface area (Å²) in [5.74, 6) is -3.23. The first kappa shape index (κ1) is 15.5. The molecule has 0 aromatic rings. The van der Waals surface area contributed by atoms with Crippen LogP contribution in [0.4, 0.5) is 0 Å². The molecule has 0 saturated heterocycles. The summed E-state index contributed by atoms with van der Waals surface area (Å²) in [6.45, 7) is 3.21. The lowest BCUT2D eigenvalue weighted by Gasteiger charge is -2.21. The lowest BCUT2D eigenvalue weighted by Crippen LogP contribution is -2.44. The Morgan fingerprint density at radius 2 is 1.29 bits per heavy atom. The number of hydrogen-bond donors (Lipinski definition) is 0. The van der Waals surface area contributed by atoms with E-state index in [9.17, 15) is 19.2 Å². The third kappa shape index (κ3) is 5.40. The van der Waals surface area contributed by atoms with Crippen molar-refractivity contribution in [3.63, 3.8) is 0 Å². The van der Waals surface area contributed by atoms with Crippen LogP contribution >= 0.6 is 9.47 Å². The zero-order valence-corrected chi connectivity index (χ0v) is 10.7. The zero-order chi connectivity index (χ0) is 13.6. The molecule has 8 heteroatoms. The van der Waals surface area contributed by atoms with Crippen LogP contribution in [0.5, 0.6) is 0 Å². The third-order valence-electron chi connectivity index (χ3n) is 1.61. The maximum absolute atomic E-state index is 11.3. The Morgan fingerprint density at radius 3 is 1.59 bits per heavy atom. The molecule has 0 saturated carbocycles. The number of rotatable bonds is 5. The molecule has 0 rings (SSSR count). The number of ketones is 1. The Bertz CT molecular complexity index is 338. The van der Waals surface area contributed by atoms with Crippen LogP contribution in [-0.4, -0.2) is 35.9 Å². The Hall–Kier alpha value is -1.49. The number of Topliss-reactive ketones (excluding diaryl/α,β-unsaturated/α-hetero) is 1.